The molecule has 35 heavy (non-hydrogen) atoms. The van der Waals surface area contributed by atoms with Gasteiger partial charge in [-0.25, -0.2) is 14.6 Å². The van der Waals surface area contributed by atoms with Crippen molar-refractivity contribution in [3.8, 4) is 10.4 Å². The van der Waals surface area contributed by atoms with Crippen molar-refractivity contribution in [2.45, 2.75) is 77.5 Å². The van der Waals surface area contributed by atoms with Crippen molar-refractivity contribution >= 4 is 41.7 Å². The molecule has 8 nitrogen and oxygen atoms in total. The SMILES string of the molecule is CC(C)OC(=O)Nc1ccc(-c2cnc(C3CCC(NC(=O)OC(C)C)CC3)s2)c(P(C)(C)=O)c1. The molecule has 0 spiro atoms. The summed E-state index contributed by atoms with van der Waals surface area (Å²) in [6.45, 7) is 10.7. The van der Waals surface area contributed by atoms with Crippen LogP contribution in [0.1, 0.15) is 64.3 Å². The predicted molar refractivity (Wildman–Crippen MR) is 142 cm³/mol. The van der Waals surface area contributed by atoms with Gasteiger partial charge in [-0.15, -0.1) is 11.3 Å². The van der Waals surface area contributed by atoms with Crippen molar-refractivity contribution in [3.63, 3.8) is 0 Å². The maximum Gasteiger partial charge on any atom is 0.411 e. The first-order valence-electron chi connectivity index (χ1n) is 12.0. The Morgan fingerprint density at radius 1 is 1.03 bits per heavy atom. The van der Waals surface area contributed by atoms with Crippen LogP contribution in [-0.4, -0.2) is 48.7 Å². The highest BCUT2D eigenvalue weighted by Crippen LogP contribution is 2.43. The molecule has 0 bridgehead atoms. The number of amides is 2. The van der Waals surface area contributed by atoms with Crippen LogP contribution in [-0.2, 0) is 14.0 Å². The number of nitrogens with one attached hydrogen (secondary N) is 2. The van der Waals surface area contributed by atoms with Gasteiger partial charge in [0.25, 0.3) is 0 Å². The Bertz CT molecular complexity index is 1090. The van der Waals surface area contributed by atoms with Gasteiger partial charge in [0, 0.05) is 34.7 Å². The third-order valence-corrected chi connectivity index (χ3v) is 8.42. The number of anilines is 1. The van der Waals surface area contributed by atoms with E-state index in [-0.39, 0.29) is 24.3 Å². The lowest BCUT2D eigenvalue weighted by molar-refractivity contribution is 0.109. The van der Waals surface area contributed by atoms with Crippen molar-refractivity contribution in [3.05, 3.63) is 29.4 Å². The highest BCUT2D eigenvalue weighted by atomic mass is 32.1. The number of hydrogen-bond acceptors (Lipinski definition) is 7. The van der Waals surface area contributed by atoms with Gasteiger partial charge in [-0.1, -0.05) is 6.07 Å². The summed E-state index contributed by atoms with van der Waals surface area (Å²) in [5.74, 6) is 0.332. The number of carbonyl (C=O) groups excluding carboxylic acids is 2. The quantitative estimate of drug-likeness (QED) is 0.422. The predicted octanol–water partition coefficient (Wildman–Crippen LogP) is 6.18. The normalized spacial score (nSPS) is 18.4. The van der Waals surface area contributed by atoms with Crippen molar-refractivity contribution in [2.75, 3.05) is 18.6 Å². The van der Waals surface area contributed by atoms with Gasteiger partial charge in [0.2, 0.25) is 0 Å². The summed E-state index contributed by atoms with van der Waals surface area (Å²) < 4.78 is 23.5. The molecule has 2 N–H and O–H groups in total. The van der Waals surface area contributed by atoms with Crippen LogP contribution in [0.2, 0.25) is 0 Å². The first-order chi connectivity index (χ1) is 16.4. The molecule has 0 aliphatic heterocycles. The molecule has 192 valence electrons. The Labute approximate surface area is 211 Å². The van der Waals surface area contributed by atoms with E-state index < -0.39 is 13.2 Å². The lowest BCUT2D eigenvalue weighted by atomic mass is 9.86. The van der Waals surface area contributed by atoms with E-state index in [9.17, 15) is 14.2 Å². The Hall–Kier alpha value is -2.38. The maximum atomic E-state index is 13.1. The Kier molecular flexibility index (Phi) is 9.00. The van der Waals surface area contributed by atoms with Crippen molar-refractivity contribution in [2.24, 2.45) is 0 Å². The minimum Gasteiger partial charge on any atom is -0.447 e. The summed E-state index contributed by atoms with van der Waals surface area (Å²) in [5.41, 5.74) is 1.42. The monoisotopic (exact) mass is 521 g/mol. The topological polar surface area (TPSA) is 107 Å². The van der Waals surface area contributed by atoms with E-state index >= 15 is 0 Å². The Morgan fingerprint density at radius 3 is 2.26 bits per heavy atom. The van der Waals surface area contributed by atoms with Crippen LogP contribution in [0.15, 0.2) is 24.4 Å². The number of rotatable bonds is 7. The molecule has 1 aromatic carbocycles. The lowest BCUT2D eigenvalue weighted by Gasteiger charge is -2.28. The molecule has 10 heteroatoms. The number of ether oxygens (including phenoxy) is 2. The highest BCUT2D eigenvalue weighted by Gasteiger charge is 2.27. The number of nitrogens with zero attached hydrogens (tertiary/aromatic N) is 1. The van der Waals surface area contributed by atoms with E-state index in [0.717, 1.165) is 41.1 Å². The van der Waals surface area contributed by atoms with E-state index in [4.69, 9.17) is 14.5 Å². The summed E-state index contributed by atoms with van der Waals surface area (Å²) in [5, 5.41) is 7.43. The summed E-state index contributed by atoms with van der Waals surface area (Å²) in [4.78, 5) is 29.5. The summed E-state index contributed by atoms with van der Waals surface area (Å²) in [6.07, 6.45) is 4.22. The van der Waals surface area contributed by atoms with Gasteiger partial charge in [-0.3, -0.25) is 5.32 Å². The smallest absolute Gasteiger partial charge is 0.411 e. The fourth-order valence-corrected chi connectivity index (χ4v) is 6.55. The van der Waals surface area contributed by atoms with Gasteiger partial charge >= 0.3 is 12.2 Å². The molecule has 2 aromatic rings. The van der Waals surface area contributed by atoms with Gasteiger partial charge in [0.05, 0.1) is 22.1 Å². The van der Waals surface area contributed by atoms with Crippen molar-refractivity contribution in [1.82, 2.24) is 10.3 Å². The molecule has 0 unspecified atom stereocenters. The van der Waals surface area contributed by atoms with E-state index in [0.29, 0.717) is 16.9 Å². The Balaban J connectivity index is 1.71. The molecule has 1 aromatic heterocycles. The average molecular weight is 522 g/mol. The summed E-state index contributed by atoms with van der Waals surface area (Å²) >= 11 is 1.62. The van der Waals surface area contributed by atoms with E-state index in [2.05, 4.69) is 10.6 Å². The van der Waals surface area contributed by atoms with Gasteiger partial charge in [0.1, 0.15) is 7.14 Å². The third kappa shape index (κ3) is 7.80. The minimum absolute atomic E-state index is 0.122. The summed E-state index contributed by atoms with van der Waals surface area (Å²) in [6, 6.07) is 5.57. The first-order valence-corrected chi connectivity index (χ1v) is 15.4. The van der Waals surface area contributed by atoms with E-state index in [1.807, 2.05) is 26.1 Å². The standard InChI is InChI=1S/C25H36N3O5PS/c1-15(2)32-24(29)27-18-9-7-17(8-10-18)23-26-14-22(35-23)20-12-11-19(13-21(20)34(5,6)31)28-25(30)33-16(3)4/h11-18H,7-10H2,1-6H3,(H,27,29)(H,28,30). The molecule has 1 heterocycles. The molecule has 2 amide bonds. The zero-order valence-corrected chi connectivity index (χ0v) is 23.0. The van der Waals surface area contributed by atoms with Crippen LogP contribution < -0.4 is 15.9 Å². The number of alkyl carbamates (subject to hydrolysis) is 1. The average Bonchev–Trinajstić information content (AvgIpc) is 3.22. The lowest BCUT2D eigenvalue weighted by Crippen LogP contribution is -2.38. The maximum absolute atomic E-state index is 13.1. The molecular formula is C25H36N3O5PS. The van der Waals surface area contributed by atoms with Crippen molar-refractivity contribution < 1.29 is 23.6 Å². The number of aromatic nitrogens is 1. The van der Waals surface area contributed by atoms with Gasteiger partial charge in [0.15, 0.2) is 0 Å². The zero-order valence-electron chi connectivity index (χ0n) is 21.3. The fraction of sp³-hybridized carbons (Fsp3) is 0.560. The van der Waals surface area contributed by atoms with Gasteiger partial charge in [-0.2, -0.15) is 0 Å². The number of hydrogen-bond donors (Lipinski definition) is 2. The first kappa shape index (κ1) is 27.2. The van der Waals surface area contributed by atoms with Crippen LogP contribution in [0.3, 0.4) is 0 Å². The van der Waals surface area contributed by atoms with Gasteiger partial charge < -0.3 is 19.4 Å². The highest BCUT2D eigenvalue weighted by molar-refractivity contribution is 7.70. The summed E-state index contributed by atoms with van der Waals surface area (Å²) in [7, 11) is -2.64. The minimum atomic E-state index is -2.64. The largest absolute Gasteiger partial charge is 0.447 e. The van der Waals surface area contributed by atoms with E-state index in [1.54, 1.807) is 50.6 Å². The van der Waals surface area contributed by atoms with Crippen LogP contribution in [0.25, 0.3) is 10.4 Å². The Morgan fingerprint density at radius 2 is 1.66 bits per heavy atom. The van der Waals surface area contributed by atoms with Crippen LogP contribution >= 0.6 is 18.5 Å². The number of benzene rings is 1. The molecule has 1 aliphatic rings. The van der Waals surface area contributed by atoms with Gasteiger partial charge in [-0.05, 0) is 78.8 Å². The second-order valence-electron chi connectivity index (χ2n) is 9.87. The number of carbonyl (C=O) groups is 2. The van der Waals surface area contributed by atoms with Crippen LogP contribution in [0.4, 0.5) is 15.3 Å². The van der Waals surface area contributed by atoms with E-state index in [1.165, 1.54) is 0 Å². The van der Waals surface area contributed by atoms with Crippen LogP contribution in [0, 0.1) is 0 Å². The fourth-order valence-electron chi connectivity index (χ4n) is 4.13. The molecule has 1 saturated carbocycles. The molecule has 1 fully saturated rings. The molecule has 0 saturated heterocycles. The molecule has 0 atom stereocenters. The zero-order chi connectivity index (χ0) is 25.8. The number of thiazole rings is 1. The third-order valence-electron chi connectivity index (χ3n) is 5.70. The van der Waals surface area contributed by atoms with Crippen LogP contribution in [0.5, 0.6) is 0 Å². The van der Waals surface area contributed by atoms with Crippen molar-refractivity contribution in [1.29, 1.82) is 0 Å². The second kappa shape index (κ2) is 11.6. The second-order valence-corrected chi connectivity index (χ2v) is 14.1. The molecule has 3 rings (SSSR count). The molecule has 1 aliphatic carbocycles. The molecule has 0 radical (unpaired) electrons. The molecular weight excluding hydrogens is 485 g/mol.